The van der Waals surface area contributed by atoms with Crippen molar-refractivity contribution in [2.24, 2.45) is 0 Å². The molecule has 0 bridgehead atoms. The summed E-state index contributed by atoms with van der Waals surface area (Å²) < 4.78 is 0. The van der Waals surface area contributed by atoms with Gasteiger partial charge in [-0.2, -0.15) is 0 Å². The molecule has 10 nitrogen and oxygen atoms in total. The highest BCUT2D eigenvalue weighted by Gasteiger charge is 2.28. The number of hydrogen-bond acceptors (Lipinski definition) is 6. The van der Waals surface area contributed by atoms with Crippen LogP contribution in [0.4, 0.5) is 0 Å². The second-order valence-electron chi connectivity index (χ2n) is 8.39. The Bertz CT molecular complexity index is 1050. The molecule has 5 N–H and O–H groups in total. The molecule has 1 fully saturated rings. The summed E-state index contributed by atoms with van der Waals surface area (Å²) in [4.78, 5) is 50.3. The fourth-order valence-corrected chi connectivity index (χ4v) is 3.79. The minimum Gasteiger partial charge on any atom is -0.353 e. The molecule has 1 aliphatic heterocycles. The van der Waals surface area contributed by atoms with Crippen LogP contribution in [0, 0.1) is 0 Å². The standard InChI is InChI=1S/C25H31N5O5/c1-3-17-4-6-18(7-5-17)19-8-10-20(11-9-19)24(33)28-23(25(34)29-35)16(2)27-14-22(32)30-13-12-26-21(31)15-30/h4-11,16,23,27,35H,3,12-15H2,1-2H3,(H,26,31)(H,28,33)(H,29,34)/t16-,23+/m1/s1. The maximum atomic E-state index is 12.8. The Labute approximate surface area is 204 Å². The highest BCUT2D eigenvalue weighted by atomic mass is 16.5. The number of rotatable bonds is 9. The van der Waals surface area contributed by atoms with Gasteiger partial charge in [0.1, 0.15) is 6.04 Å². The van der Waals surface area contributed by atoms with Crippen molar-refractivity contribution < 1.29 is 24.4 Å². The lowest BCUT2D eigenvalue weighted by Crippen LogP contribution is -2.58. The third-order valence-corrected chi connectivity index (χ3v) is 5.99. The van der Waals surface area contributed by atoms with E-state index in [2.05, 4.69) is 35.0 Å². The number of nitrogens with zero attached hydrogens (tertiary/aromatic N) is 1. The van der Waals surface area contributed by atoms with E-state index in [9.17, 15) is 19.2 Å². The van der Waals surface area contributed by atoms with Crippen LogP contribution in [0.2, 0.25) is 0 Å². The molecule has 4 amide bonds. The van der Waals surface area contributed by atoms with Crippen molar-refractivity contribution in [3.8, 4) is 11.1 Å². The Hall–Kier alpha value is -3.76. The number of hydrogen-bond donors (Lipinski definition) is 5. The maximum Gasteiger partial charge on any atom is 0.267 e. The van der Waals surface area contributed by atoms with Crippen LogP contribution in [-0.2, 0) is 20.8 Å². The highest BCUT2D eigenvalue weighted by Crippen LogP contribution is 2.20. The summed E-state index contributed by atoms with van der Waals surface area (Å²) in [6, 6.07) is 13.3. The molecule has 0 radical (unpaired) electrons. The van der Waals surface area contributed by atoms with Crippen molar-refractivity contribution in [3.63, 3.8) is 0 Å². The van der Waals surface area contributed by atoms with Crippen molar-refractivity contribution in [2.75, 3.05) is 26.2 Å². The van der Waals surface area contributed by atoms with Gasteiger partial charge in [0.25, 0.3) is 11.8 Å². The number of aryl methyl sites for hydroxylation is 1. The summed E-state index contributed by atoms with van der Waals surface area (Å²) >= 11 is 0. The lowest BCUT2D eigenvalue weighted by Gasteiger charge is -2.28. The van der Waals surface area contributed by atoms with Crippen molar-refractivity contribution in [2.45, 2.75) is 32.4 Å². The number of carbonyl (C=O) groups is 4. The maximum absolute atomic E-state index is 12.8. The first-order valence-electron chi connectivity index (χ1n) is 11.5. The Kier molecular flexibility index (Phi) is 8.93. The first kappa shape index (κ1) is 25.9. The molecule has 186 valence electrons. The predicted molar refractivity (Wildman–Crippen MR) is 129 cm³/mol. The second kappa shape index (κ2) is 12.1. The SMILES string of the molecule is CCc1ccc(-c2ccc(C(=O)N[C@H](C(=O)NO)[C@@H](C)NCC(=O)N3CCNC(=O)C3)cc2)cc1. The molecule has 10 heteroatoms. The predicted octanol–water partition coefficient (Wildman–Crippen LogP) is 0.456. The van der Waals surface area contributed by atoms with Gasteiger partial charge < -0.3 is 20.9 Å². The minimum absolute atomic E-state index is 0.0229. The molecular weight excluding hydrogens is 450 g/mol. The molecule has 0 unspecified atom stereocenters. The van der Waals surface area contributed by atoms with Crippen molar-refractivity contribution in [1.29, 1.82) is 0 Å². The number of carbonyl (C=O) groups excluding carboxylic acids is 4. The fraction of sp³-hybridized carbons (Fsp3) is 0.360. The number of piperazine rings is 1. The lowest BCUT2D eigenvalue weighted by molar-refractivity contribution is -0.137. The van der Waals surface area contributed by atoms with Gasteiger partial charge >= 0.3 is 0 Å². The molecule has 2 aromatic rings. The molecular formula is C25H31N5O5. The summed E-state index contributed by atoms with van der Waals surface area (Å²) in [5.41, 5.74) is 5.12. The van der Waals surface area contributed by atoms with E-state index in [1.807, 2.05) is 24.3 Å². The molecule has 0 spiro atoms. The van der Waals surface area contributed by atoms with E-state index in [0.29, 0.717) is 18.7 Å². The average Bonchev–Trinajstić information content (AvgIpc) is 2.89. The molecule has 0 aromatic heterocycles. The summed E-state index contributed by atoms with van der Waals surface area (Å²) in [6.45, 7) is 4.33. The summed E-state index contributed by atoms with van der Waals surface area (Å²) in [7, 11) is 0. The third kappa shape index (κ3) is 6.87. The van der Waals surface area contributed by atoms with Gasteiger partial charge in [0.15, 0.2) is 0 Å². The molecule has 1 saturated heterocycles. The minimum atomic E-state index is -1.15. The van der Waals surface area contributed by atoms with E-state index in [0.717, 1.165) is 17.5 Å². The number of nitrogens with one attached hydrogen (secondary N) is 4. The number of hydroxylamine groups is 1. The lowest BCUT2D eigenvalue weighted by atomic mass is 10.0. The van der Waals surface area contributed by atoms with E-state index in [1.54, 1.807) is 24.5 Å². The molecule has 0 aliphatic carbocycles. The van der Waals surface area contributed by atoms with E-state index < -0.39 is 23.9 Å². The monoisotopic (exact) mass is 481 g/mol. The Balaban J connectivity index is 1.61. The third-order valence-electron chi connectivity index (χ3n) is 5.99. The van der Waals surface area contributed by atoms with Crippen LogP contribution >= 0.6 is 0 Å². The van der Waals surface area contributed by atoms with E-state index in [1.165, 1.54) is 10.5 Å². The van der Waals surface area contributed by atoms with E-state index >= 15 is 0 Å². The van der Waals surface area contributed by atoms with Crippen LogP contribution in [-0.4, -0.2) is 72.0 Å². The zero-order valence-corrected chi connectivity index (χ0v) is 19.8. The van der Waals surface area contributed by atoms with Crippen molar-refractivity contribution in [3.05, 3.63) is 59.7 Å². The summed E-state index contributed by atoms with van der Waals surface area (Å²) in [5, 5.41) is 17.3. The largest absolute Gasteiger partial charge is 0.353 e. The summed E-state index contributed by atoms with van der Waals surface area (Å²) in [6.07, 6.45) is 0.957. The molecule has 2 aromatic carbocycles. The topological polar surface area (TPSA) is 140 Å². The molecule has 35 heavy (non-hydrogen) atoms. The Morgan fingerprint density at radius 3 is 2.26 bits per heavy atom. The average molecular weight is 482 g/mol. The fourth-order valence-electron chi connectivity index (χ4n) is 3.79. The smallest absolute Gasteiger partial charge is 0.267 e. The van der Waals surface area contributed by atoms with Gasteiger partial charge in [-0.15, -0.1) is 0 Å². The second-order valence-corrected chi connectivity index (χ2v) is 8.39. The number of benzene rings is 2. The van der Waals surface area contributed by atoms with Gasteiger partial charge in [-0.25, -0.2) is 5.48 Å². The first-order chi connectivity index (χ1) is 16.8. The van der Waals surface area contributed by atoms with Crippen molar-refractivity contribution in [1.82, 2.24) is 26.3 Å². The van der Waals surface area contributed by atoms with Gasteiger partial charge in [-0.05, 0) is 42.2 Å². The molecule has 0 saturated carbocycles. The van der Waals surface area contributed by atoms with E-state index in [-0.39, 0.29) is 24.9 Å². The zero-order valence-electron chi connectivity index (χ0n) is 19.8. The summed E-state index contributed by atoms with van der Waals surface area (Å²) in [5.74, 6) is -1.86. The van der Waals surface area contributed by atoms with Gasteiger partial charge in [-0.3, -0.25) is 24.4 Å². The van der Waals surface area contributed by atoms with Crippen LogP contribution in [0.15, 0.2) is 48.5 Å². The van der Waals surface area contributed by atoms with Crippen LogP contribution in [0.5, 0.6) is 0 Å². The van der Waals surface area contributed by atoms with Crippen LogP contribution in [0.3, 0.4) is 0 Å². The van der Waals surface area contributed by atoms with Crippen molar-refractivity contribution >= 4 is 23.6 Å². The van der Waals surface area contributed by atoms with E-state index in [4.69, 9.17) is 5.21 Å². The van der Waals surface area contributed by atoms with Gasteiger partial charge in [-0.1, -0.05) is 43.3 Å². The molecule has 1 heterocycles. The first-order valence-corrected chi connectivity index (χ1v) is 11.5. The van der Waals surface area contributed by atoms with Crippen LogP contribution in [0.1, 0.15) is 29.8 Å². The Morgan fingerprint density at radius 1 is 1.06 bits per heavy atom. The van der Waals surface area contributed by atoms with Crippen LogP contribution < -0.4 is 21.4 Å². The molecule has 3 rings (SSSR count). The van der Waals surface area contributed by atoms with Crippen LogP contribution in [0.25, 0.3) is 11.1 Å². The molecule has 2 atom stereocenters. The quantitative estimate of drug-likeness (QED) is 0.260. The zero-order chi connectivity index (χ0) is 25.4. The normalized spacial score (nSPS) is 15.1. The van der Waals surface area contributed by atoms with Gasteiger partial charge in [0.05, 0.1) is 13.1 Å². The van der Waals surface area contributed by atoms with Gasteiger partial charge in [0.2, 0.25) is 11.8 Å². The number of amides is 4. The van der Waals surface area contributed by atoms with Gasteiger partial charge in [0, 0.05) is 24.7 Å². The highest BCUT2D eigenvalue weighted by molar-refractivity contribution is 5.98. The molecule has 1 aliphatic rings. The Morgan fingerprint density at radius 2 is 1.69 bits per heavy atom.